The molecular weight excluding hydrogens is 805 g/mol. The first kappa shape index (κ1) is 41.0. The summed E-state index contributed by atoms with van der Waals surface area (Å²) < 4.78 is 6.68. The van der Waals surface area contributed by atoms with Gasteiger partial charge in [0.1, 0.15) is 23.6 Å². The molecule has 13 heteroatoms. The van der Waals surface area contributed by atoms with Crippen molar-refractivity contribution in [1.29, 1.82) is 0 Å². The highest BCUT2D eigenvalue weighted by Gasteiger charge is 2.61. The number of rotatable bonds is 9. The summed E-state index contributed by atoms with van der Waals surface area (Å²) in [6.45, 7) is 6.40. The predicted molar refractivity (Wildman–Crippen MR) is 245 cm³/mol. The maximum Gasteiger partial charge on any atom is 0.249 e. The average molecular weight is 865 g/mol. The van der Waals surface area contributed by atoms with Crippen molar-refractivity contribution in [2.75, 3.05) is 67.9 Å². The van der Waals surface area contributed by atoms with Crippen LogP contribution in [0.25, 0.3) is 11.3 Å². The zero-order valence-corrected chi connectivity index (χ0v) is 36.7. The molecule has 5 atom stereocenters. The highest BCUT2D eigenvalue weighted by molar-refractivity contribution is 6.01. The summed E-state index contributed by atoms with van der Waals surface area (Å²) in [7, 11) is 0. The van der Waals surface area contributed by atoms with Gasteiger partial charge in [0.25, 0.3) is 0 Å². The van der Waals surface area contributed by atoms with Gasteiger partial charge in [-0.25, -0.2) is 0 Å². The third kappa shape index (κ3) is 7.52. The molecule has 6 heterocycles. The van der Waals surface area contributed by atoms with Crippen molar-refractivity contribution in [2.45, 2.75) is 94.1 Å². The Morgan fingerprint density at radius 2 is 1.69 bits per heavy atom. The van der Waals surface area contributed by atoms with Crippen LogP contribution >= 0.6 is 0 Å². The molecule has 6 fully saturated rings. The Morgan fingerprint density at radius 3 is 2.52 bits per heavy atom. The number of amides is 3. The van der Waals surface area contributed by atoms with Crippen molar-refractivity contribution >= 4 is 34.9 Å². The zero-order chi connectivity index (χ0) is 43.5. The van der Waals surface area contributed by atoms with Gasteiger partial charge in [-0.2, -0.15) is 0 Å². The Hall–Kier alpha value is -5.69. The fraction of sp³-hybridized carbons (Fsp3) is 0.510. The first-order chi connectivity index (χ1) is 31.2. The van der Waals surface area contributed by atoms with E-state index in [-0.39, 0.29) is 41.0 Å². The van der Waals surface area contributed by atoms with Gasteiger partial charge in [-0.05, 0) is 147 Å². The summed E-state index contributed by atoms with van der Waals surface area (Å²) in [6.07, 6.45) is 10.3. The number of nitrogens with zero attached hydrogens (tertiary/aromatic N) is 6. The lowest BCUT2D eigenvalue weighted by Gasteiger charge is -2.54. The molecule has 3 aromatic carbocycles. The minimum absolute atomic E-state index is 0.0890. The topological polar surface area (TPSA) is 157 Å². The third-order valence-electron chi connectivity index (χ3n) is 16.2. The van der Waals surface area contributed by atoms with Crippen LogP contribution in [0.5, 0.6) is 11.5 Å². The number of likely N-dealkylation sites (tertiary alicyclic amines) is 2. The number of carbonyl (C=O) groups is 3. The highest BCUT2D eigenvalue weighted by Crippen LogP contribution is 2.65. The van der Waals surface area contributed by atoms with E-state index < -0.39 is 0 Å². The van der Waals surface area contributed by atoms with E-state index in [1.54, 1.807) is 12.1 Å². The fourth-order valence-electron chi connectivity index (χ4n) is 13.1. The minimum atomic E-state index is -0.290. The number of piperidine rings is 3. The Labute approximate surface area is 375 Å². The second-order valence-corrected chi connectivity index (χ2v) is 19.8. The molecular formula is C51H60N8O5. The average Bonchev–Trinajstić information content (AvgIpc) is 3.50. The summed E-state index contributed by atoms with van der Waals surface area (Å²) in [6, 6.07) is 24.4. The Balaban J connectivity index is 0.662. The number of nitrogens with one attached hydrogen (secondary N) is 1. The zero-order valence-electron chi connectivity index (χ0n) is 36.7. The van der Waals surface area contributed by atoms with E-state index in [9.17, 15) is 19.5 Å². The molecule has 4 N–H and O–H groups in total. The van der Waals surface area contributed by atoms with Crippen LogP contribution in [0.15, 0.2) is 72.8 Å². The molecule has 5 aliphatic heterocycles. The molecule has 64 heavy (non-hydrogen) atoms. The van der Waals surface area contributed by atoms with Gasteiger partial charge in [-0.1, -0.05) is 36.4 Å². The van der Waals surface area contributed by atoms with Crippen LogP contribution in [0.3, 0.4) is 0 Å². The van der Waals surface area contributed by atoms with Crippen molar-refractivity contribution in [1.82, 2.24) is 25.3 Å². The van der Waals surface area contributed by atoms with Gasteiger partial charge in [0.05, 0.1) is 17.9 Å². The van der Waals surface area contributed by atoms with E-state index >= 15 is 0 Å². The molecule has 1 aromatic heterocycles. The van der Waals surface area contributed by atoms with Gasteiger partial charge in [0, 0.05) is 63.2 Å². The molecule has 2 unspecified atom stereocenters. The molecule has 2 bridgehead atoms. The molecule has 13 nitrogen and oxygen atoms in total. The first-order valence-electron chi connectivity index (χ1n) is 23.8. The van der Waals surface area contributed by atoms with Crippen LogP contribution in [0.2, 0.25) is 0 Å². The lowest BCUT2D eigenvalue weighted by molar-refractivity contribution is -0.135. The van der Waals surface area contributed by atoms with Crippen LogP contribution in [0.4, 0.5) is 17.2 Å². The highest BCUT2D eigenvalue weighted by atomic mass is 16.5. The van der Waals surface area contributed by atoms with E-state index in [0.717, 1.165) is 114 Å². The number of phenols is 1. The van der Waals surface area contributed by atoms with E-state index in [2.05, 4.69) is 72.7 Å². The molecule has 11 rings (SSSR count). The normalized spacial score (nSPS) is 27.4. The number of para-hydroxylation sites is 1. The van der Waals surface area contributed by atoms with E-state index in [1.807, 2.05) is 23.1 Å². The number of hydrogen-bond acceptors (Lipinski definition) is 11. The molecule has 3 amide bonds. The number of imide groups is 1. The Bertz CT molecular complexity index is 2440. The summed E-state index contributed by atoms with van der Waals surface area (Å²) in [5.41, 5.74) is 14.2. The van der Waals surface area contributed by atoms with Crippen molar-refractivity contribution in [3.05, 3.63) is 89.5 Å². The molecule has 2 saturated carbocycles. The standard InChI is InChI=1S/C51H60N8O5/c52-49-45(26-42(54-55-49)40-8-1-2-12-46(40)60)58-29-32-24-41-34(30-58)28-51(41,27-32)35-6-3-7-37(25-35)64-36-17-22-57(23-18-36)48(62)31-56-20-15-33(16-21-56)38-9-4-11-43-39(38)10-5-19-59(43)44-13-14-47(61)53-50(44)63/h1-4,6-9,11-12,25-26,32-34,36,41,44,60H,5,10,13-24,27-31H2,(H2,52,55)(H,53,61,63)/t32-,34+,41?,44?,51-/m1/s1. The predicted octanol–water partition coefficient (Wildman–Crippen LogP) is 6.04. The quantitative estimate of drug-likeness (QED) is 0.169. The fourth-order valence-corrected chi connectivity index (χ4v) is 13.1. The van der Waals surface area contributed by atoms with Gasteiger partial charge in [0.15, 0.2) is 5.82 Å². The lowest BCUT2D eigenvalue weighted by atomic mass is 9.52. The molecule has 2 aliphatic carbocycles. The lowest BCUT2D eigenvalue weighted by Crippen LogP contribution is -2.54. The number of phenolic OH excluding ortho intramolecular Hbond substituents is 1. The molecule has 7 aliphatic rings. The van der Waals surface area contributed by atoms with Crippen molar-refractivity contribution in [3.63, 3.8) is 0 Å². The minimum Gasteiger partial charge on any atom is -0.507 e. The number of fused-ring (bicyclic) bond motifs is 2. The maximum absolute atomic E-state index is 13.6. The van der Waals surface area contributed by atoms with E-state index in [1.165, 1.54) is 23.1 Å². The van der Waals surface area contributed by atoms with Crippen molar-refractivity contribution in [3.8, 4) is 22.8 Å². The maximum atomic E-state index is 13.6. The number of hydrogen-bond donors (Lipinski definition) is 3. The largest absolute Gasteiger partial charge is 0.507 e. The Kier molecular flexibility index (Phi) is 10.7. The monoisotopic (exact) mass is 864 g/mol. The van der Waals surface area contributed by atoms with Crippen molar-refractivity contribution < 1.29 is 24.2 Å². The van der Waals surface area contributed by atoms with Crippen LogP contribution in [-0.4, -0.2) is 107 Å². The van der Waals surface area contributed by atoms with Gasteiger partial charge in [-0.15, -0.1) is 10.2 Å². The van der Waals surface area contributed by atoms with Gasteiger partial charge in [-0.3, -0.25) is 24.6 Å². The summed E-state index contributed by atoms with van der Waals surface area (Å²) in [4.78, 5) is 47.3. The smallest absolute Gasteiger partial charge is 0.249 e. The molecule has 0 radical (unpaired) electrons. The van der Waals surface area contributed by atoms with Crippen LogP contribution in [-0.2, 0) is 26.2 Å². The van der Waals surface area contributed by atoms with Crippen LogP contribution in [0, 0.1) is 17.8 Å². The number of ether oxygens (including phenoxy) is 1. The molecule has 4 aromatic rings. The van der Waals surface area contributed by atoms with Crippen molar-refractivity contribution in [2.24, 2.45) is 17.8 Å². The Morgan fingerprint density at radius 1 is 0.859 bits per heavy atom. The van der Waals surface area contributed by atoms with Crippen LogP contribution < -0.4 is 25.6 Å². The summed E-state index contributed by atoms with van der Waals surface area (Å²) >= 11 is 0. The third-order valence-corrected chi connectivity index (χ3v) is 16.2. The number of aromatic hydroxyl groups is 1. The second-order valence-electron chi connectivity index (χ2n) is 19.8. The van der Waals surface area contributed by atoms with E-state index in [0.29, 0.717) is 60.1 Å². The number of aromatic nitrogens is 2. The van der Waals surface area contributed by atoms with E-state index in [4.69, 9.17) is 10.5 Å². The number of nitrogens with two attached hydrogens (primary N) is 1. The van der Waals surface area contributed by atoms with Gasteiger partial charge in [0.2, 0.25) is 17.7 Å². The van der Waals surface area contributed by atoms with Gasteiger partial charge >= 0.3 is 0 Å². The van der Waals surface area contributed by atoms with Gasteiger partial charge < -0.3 is 30.3 Å². The molecule has 0 spiro atoms. The number of nitrogen functional groups attached to an aromatic ring is 1. The van der Waals surface area contributed by atoms with Crippen LogP contribution in [0.1, 0.15) is 86.8 Å². The second kappa shape index (κ2) is 16.7. The number of anilines is 3. The molecule has 334 valence electrons. The first-order valence-corrected chi connectivity index (χ1v) is 23.8. The number of carbonyl (C=O) groups excluding carboxylic acids is 3. The summed E-state index contributed by atoms with van der Waals surface area (Å²) in [5.74, 6) is 3.60. The summed E-state index contributed by atoms with van der Waals surface area (Å²) in [5, 5.41) is 21.7. The SMILES string of the molecule is Nc1nnc(-c2ccccc2O)cc1N1C[C@@H]2CC3[C@H](C1)C[C@@]3(c1cccc(OC3CCN(C(=O)CN4CCC(c5cccc6c5CCCN6C5CCC(=O)NC5=O)CC4)CC3)c1)C2. The molecule has 4 saturated heterocycles. The number of benzene rings is 3.